The molecule has 0 amide bonds. The molecule has 13 nitrogen and oxygen atoms in total. The van der Waals surface area contributed by atoms with Crippen LogP contribution in [-0.2, 0) is 13.1 Å². The zero-order valence-electron chi connectivity index (χ0n) is 31.7. The van der Waals surface area contributed by atoms with E-state index in [4.69, 9.17) is 0 Å². The van der Waals surface area contributed by atoms with E-state index in [0.717, 1.165) is 11.1 Å². The Balaban J connectivity index is 0.000000215. The summed E-state index contributed by atoms with van der Waals surface area (Å²) in [5.41, 5.74) is 3.98. The number of hydrogen-bond donors (Lipinski definition) is 2. The quantitative estimate of drug-likeness (QED) is 0.0743. The first-order valence-corrected chi connectivity index (χ1v) is 17.7. The highest BCUT2D eigenvalue weighted by Crippen LogP contribution is 2.31. The maximum Gasteiger partial charge on any atom is 0.291 e. The number of benzene rings is 4. The molecule has 0 saturated heterocycles. The Morgan fingerprint density at radius 2 is 1.09 bits per heavy atom. The molecule has 2 heterocycles. The van der Waals surface area contributed by atoms with Crippen molar-refractivity contribution < 1.29 is 18.9 Å². The van der Waals surface area contributed by atoms with Gasteiger partial charge in [0.05, 0.1) is 16.1 Å². The first-order valence-electron chi connectivity index (χ1n) is 17.7. The second-order valence-corrected chi connectivity index (χ2v) is 12.7. The molecule has 0 bridgehead atoms. The molecule has 4 aromatic carbocycles. The van der Waals surface area contributed by atoms with Crippen LogP contribution in [0.25, 0.3) is 22.5 Å². The lowest BCUT2D eigenvalue weighted by atomic mass is 10.0. The zero-order valence-corrected chi connectivity index (χ0v) is 31.7. The molecule has 0 spiro atoms. The molecule has 56 heavy (non-hydrogen) atoms. The number of nitro groups is 1. The number of aromatic nitrogens is 4. The highest BCUT2D eigenvalue weighted by atomic mass is 19.1. The minimum atomic E-state index is -0.511. The van der Waals surface area contributed by atoms with Gasteiger partial charge in [0.1, 0.15) is 28.6 Å². The van der Waals surface area contributed by atoms with Crippen molar-refractivity contribution in [3.63, 3.8) is 0 Å². The summed E-state index contributed by atoms with van der Waals surface area (Å²) in [5.74, 6) is -1.05. The largest absolute Gasteiger partial charge is 0.350 e. The molecule has 0 atom stereocenters. The van der Waals surface area contributed by atoms with Crippen molar-refractivity contribution in [2.75, 3.05) is 10.6 Å². The van der Waals surface area contributed by atoms with Crippen molar-refractivity contribution in [3.8, 4) is 22.5 Å². The van der Waals surface area contributed by atoms with E-state index in [2.05, 4.69) is 20.8 Å². The summed E-state index contributed by atoms with van der Waals surface area (Å²) in [6.45, 7) is 10.5. The fraction of sp³-hybridized carbons (Fsp3) is 0.190. The second-order valence-electron chi connectivity index (χ2n) is 12.7. The van der Waals surface area contributed by atoms with Gasteiger partial charge in [0.2, 0.25) is 0 Å². The lowest BCUT2D eigenvalue weighted by Crippen LogP contribution is -2.28. The molecule has 14 heteroatoms. The molecule has 0 fully saturated rings. The number of anilines is 4. The smallest absolute Gasteiger partial charge is 0.291 e. The van der Waals surface area contributed by atoms with Gasteiger partial charge < -0.3 is 10.6 Å². The predicted molar refractivity (Wildman–Crippen MR) is 215 cm³/mol. The Kier molecular flexibility index (Phi) is 12.4. The van der Waals surface area contributed by atoms with Crippen LogP contribution in [-0.4, -0.2) is 36.1 Å². The summed E-state index contributed by atoms with van der Waals surface area (Å²) in [6.07, 6.45) is 0. The van der Waals surface area contributed by atoms with Gasteiger partial charge in [-0.25, -0.2) is 13.8 Å². The summed E-state index contributed by atoms with van der Waals surface area (Å²) in [4.78, 5) is 61.5. The first-order chi connectivity index (χ1) is 26.7. The van der Waals surface area contributed by atoms with Gasteiger partial charge >= 0.3 is 0 Å². The number of Topliss-reactive ketones (excluding diaryl/α,β-unsaturated/α-hetero) is 2. The van der Waals surface area contributed by atoms with Gasteiger partial charge in [0.15, 0.2) is 11.6 Å². The van der Waals surface area contributed by atoms with E-state index in [1.165, 1.54) is 47.5 Å². The molecular formula is C42H40FN7O6. The Morgan fingerprint density at radius 3 is 1.48 bits per heavy atom. The van der Waals surface area contributed by atoms with Gasteiger partial charge in [-0.2, -0.15) is 10.2 Å². The molecule has 0 saturated carbocycles. The molecule has 0 aliphatic rings. The number of non-ortho nitro benzene ring substituents is 1. The third kappa shape index (κ3) is 8.65. The van der Waals surface area contributed by atoms with Gasteiger partial charge in [-0.1, -0.05) is 72.8 Å². The molecule has 6 aromatic rings. The van der Waals surface area contributed by atoms with Crippen molar-refractivity contribution >= 4 is 40.0 Å². The van der Waals surface area contributed by atoms with E-state index in [9.17, 15) is 33.7 Å². The number of nitrogens with one attached hydrogen (secondary N) is 2. The number of hydrogen-bond acceptors (Lipinski definition) is 10. The minimum Gasteiger partial charge on any atom is -0.350 e. The van der Waals surface area contributed by atoms with Crippen molar-refractivity contribution in [2.45, 2.75) is 54.6 Å². The predicted octanol–water partition coefficient (Wildman–Crippen LogP) is 8.42. The Labute approximate surface area is 321 Å². The number of carbonyl (C=O) groups is 2. The molecule has 2 aromatic heterocycles. The molecule has 0 radical (unpaired) electrons. The number of nitro benzene ring substituents is 1. The van der Waals surface area contributed by atoms with Crippen LogP contribution >= 0.6 is 0 Å². The monoisotopic (exact) mass is 757 g/mol. The van der Waals surface area contributed by atoms with Crippen molar-refractivity contribution in [1.82, 2.24) is 19.6 Å². The van der Waals surface area contributed by atoms with E-state index >= 15 is 0 Å². The number of halogens is 1. The van der Waals surface area contributed by atoms with Crippen LogP contribution in [0.4, 0.5) is 32.8 Å². The molecule has 0 aliphatic heterocycles. The minimum absolute atomic E-state index is 0.0526. The van der Waals surface area contributed by atoms with Gasteiger partial charge in [-0.3, -0.25) is 29.3 Å². The highest BCUT2D eigenvalue weighted by Gasteiger charge is 2.24. The lowest BCUT2D eigenvalue weighted by Gasteiger charge is -2.17. The third-order valence-corrected chi connectivity index (χ3v) is 8.86. The van der Waals surface area contributed by atoms with Crippen LogP contribution in [0, 0.1) is 29.8 Å². The van der Waals surface area contributed by atoms with Crippen LogP contribution in [0.5, 0.6) is 0 Å². The van der Waals surface area contributed by atoms with Crippen LogP contribution in [0.15, 0.2) is 107 Å². The SMILES string of the molecule is CCn1nc(-c2ccccc2)c(C(C)=O)c(Nc2cc(F)ccc2C)c1=O.CCn1nc(-c2ccccc2)c(C(C)=O)c(Nc2cc([N+](=O)[O-])ccc2C)c1=O. The summed E-state index contributed by atoms with van der Waals surface area (Å²) in [5, 5.41) is 25.9. The maximum atomic E-state index is 13.7. The number of ketones is 2. The summed E-state index contributed by atoms with van der Waals surface area (Å²) in [7, 11) is 0. The Morgan fingerprint density at radius 1 is 0.679 bits per heavy atom. The van der Waals surface area contributed by atoms with Crippen molar-refractivity contribution in [1.29, 1.82) is 0 Å². The molecule has 0 unspecified atom stereocenters. The summed E-state index contributed by atoms with van der Waals surface area (Å²) in [6, 6.07) is 26.9. The van der Waals surface area contributed by atoms with E-state index in [-0.39, 0.29) is 39.8 Å². The average molecular weight is 758 g/mol. The standard InChI is InChI=1S/C21H20FN3O2.C21H20N4O4/c1-4-25-21(27)20(23-17-12-16(22)11-10-13(17)2)18(14(3)26)19(24-25)15-8-6-5-7-9-15;1-4-24-21(27)20(22-17-12-16(25(28)29)11-10-13(17)2)18(14(3)26)19(23-24)15-8-6-5-7-9-15/h5-12,23H,4H2,1-3H3;5-12,22H,4H2,1-3H3. The van der Waals surface area contributed by atoms with Crippen LogP contribution in [0.3, 0.4) is 0 Å². The molecule has 6 rings (SSSR count). The number of aryl methyl sites for hydroxylation is 4. The third-order valence-electron chi connectivity index (χ3n) is 8.86. The van der Waals surface area contributed by atoms with Gasteiger partial charge in [-0.05, 0) is 64.8 Å². The first kappa shape index (κ1) is 40.1. The summed E-state index contributed by atoms with van der Waals surface area (Å²) >= 11 is 0. The molecule has 0 aliphatic carbocycles. The average Bonchev–Trinajstić information content (AvgIpc) is 3.18. The highest BCUT2D eigenvalue weighted by molar-refractivity contribution is 6.06. The second kappa shape index (κ2) is 17.4. The number of nitrogens with zero attached hydrogens (tertiary/aromatic N) is 5. The van der Waals surface area contributed by atoms with Gasteiger partial charge in [-0.15, -0.1) is 0 Å². The zero-order chi connectivity index (χ0) is 40.7. The van der Waals surface area contributed by atoms with Crippen LogP contribution in [0.2, 0.25) is 0 Å². The molecular weight excluding hydrogens is 718 g/mol. The number of rotatable bonds is 11. The molecule has 286 valence electrons. The normalized spacial score (nSPS) is 10.6. The number of carbonyl (C=O) groups excluding carboxylic acids is 2. The topological polar surface area (TPSA) is 171 Å². The Bertz CT molecular complexity index is 2570. The van der Waals surface area contributed by atoms with Crippen LogP contribution < -0.4 is 21.8 Å². The Hall–Kier alpha value is -7.09. The summed E-state index contributed by atoms with van der Waals surface area (Å²) < 4.78 is 16.3. The van der Waals surface area contributed by atoms with E-state index in [1.807, 2.05) is 60.7 Å². The van der Waals surface area contributed by atoms with E-state index in [0.29, 0.717) is 47.0 Å². The fourth-order valence-electron chi connectivity index (χ4n) is 5.94. The van der Waals surface area contributed by atoms with E-state index < -0.39 is 21.9 Å². The lowest BCUT2D eigenvalue weighted by molar-refractivity contribution is -0.384. The van der Waals surface area contributed by atoms with Crippen molar-refractivity contribution in [3.05, 3.63) is 156 Å². The molecule has 2 N–H and O–H groups in total. The van der Waals surface area contributed by atoms with Gasteiger partial charge in [0.25, 0.3) is 16.8 Å². The fourth-order valence-corrected chi connectivity index (χ4v) is 5.94. The maximum absolute atomic E-state index is 13.7. The van der Waals surface area contributed by atoms with Crippen molar-refractivity contribution in [2.24, 2.45) is 0 Å². The van der Waals surface area contributed by atoms with Gasteiger partial charge in [0, 0.05) is 47.7 Å². The van der Waals surface area contributed by atoms with E-state index in [1.54, 1.807) is 39.8 Å². The van der Waals surface area contributed by atoms with Crippen LogP contribution in [0.1, 0.15) is 59.5 Å².